The van der Waals surface area contributed by atoms with Gasteiger partial charge in [0, 0.05) is 72.3 Å². The minimum absolute atomic E-state index is 0. The maximum atomic E-state index is 9.77. The zero-order valence-electron chi connectivity index (χ0n) is 17.0. The summed E-state index contributed by atoms with van der Waals surface area (Å²) in [5.74, 6) is 7.61. The fourth-order valence-corrected chi connectivity index (χ4v) is 3.18. The Morgan fingerprint density at radius 3 is 2.29 bits per heavy atom. The van der Waals surface area contributed by atoms with Crippen LogP contribution in [-0.2, 0) is 39.3 Å². The molecule has 5 nitrogen and oxygen atoms in total. The van der Waals surface area contributed by atoms with E-state index in [0.29, 0.717) is 18.1 Å². The molecule has 2 aromatic heterocycles. The largest absolute Gasteiger partial charge is 0.385 e. The predicted octanol–water partition coefficient (Wildman–Crippen LogP) is 4.86. The van der Waals surface area contributed by atoms with Crippen molar-refractivity contribution >= 4 is 25.8 Å². The summed E-state index contributed by atoms with van der Waals surface area (Å²) in [6, 6.07) is 17.7. The monoisotopic (exact) mass is 570 g/mol. The molecule has 8 heteroatoms. The Hall–Kier alpha value is -1.61. The number of halogens is 1. The van der Waals surface area contributed by atoms with Crippen molar-refractivity contribution in [3.8, 4) is 23.2 Å². The summed E-state index contributed by atoms with van der Waals surface area (Å²) in [4.78, 5) is 4.17. The van der Waals surface area contributed by atoms with Crippen molar-refractivity contribution in [2.75, 3.05) is 0 Å². The van der Waals surface area contributed by atoms with Gasteiger partial charge in [0.05, 0.1) is 6.54 Å². The van der Waals surface area contributed by atoms with Crippen LogP contribution in [0.3, 0.4) is 0 Å². The average molecular weight is 571 g/mol. The molecule has 0 aliphatic rings. The molecule has 155 valence electrons. The van der Waals surface area contributed by atoms with Crippen molar-refractivity contribution in [3.63, 3.8) is 0 Å². The van der Waals surface area contributed by atoms with Crippen molar-refractivity contribution in [2.24, 2.45) is 0 Å². The quantitative estimate of drug-likeness (QED) is 0.281. The molecule has 0 saturated heterocycles. The van der Waals surface area contributed by atoms with E-state index in [9.17, 15) is 5.11 Å². The smallest absolute Gasteiger partial charge is 0.167 e. The van der Waals surface area contributed by atoms with Crippen LogP contribution in [0.1, 0.15) is 35.7 Å². The summed E-state index contributed by atoms with van der Waals surface area (Å²) in [6.45, 7) is 2.18. The van der Waals surface area contributed by atoms with E-state index in [1.54, 1.807) is 13.1 Å². The third-order valence-corrected chi connectivity index (χ3v) is 4.91. The molecule has 0 amide bonds. The summed E-state index contributed by atoms with van der Waals surface area (Å²) in [6.07, 6.45) is 2.84. The second-order valence-electron chi connectivity index (χ2n) is 6.61. The van der Waals surface area contributed by atoms with Crippen LogP contribution in [-0.4, -0.2) is 19.8 Å². The van der Waals surface area contributed by atoms with Crippen molar-refractivity contribution in [2.45, 2.75) is 19.6 Å². The Kier molecular flexibility index (Phi) is 9.81. The van der Waals surface area contributed by atoms with E-state index in [4.69, 9.17) is 4.52 Å². The van der Waals surface area contributed by atoms with E-state index >= 15 is 0 Å². The molecule has 2 atom stereocenters. The first-order chi connectivity index (χ1) is 14.1. The van der Waals surface area contributed by atoms with E-state index in [1.165, 1.54) is 0 Å². The molecule has 2 heterocycles. The Bertz CT molecular complexity index is 1180. The number of aromatic nitrogens is 3. The Balaban J connectivity index is 0.00000171. The van der Waals surface area contributed by atoms with E-state index in [2.05, 4.69) is 37.9 Å². The van der Waals surface area contributed by atoms with Gasteiger partial charge in [0.1, 0.15) is 17.6 Å². The molecule has 0 saturated carbocycles. The topological polar surface area (TPSA) is 64.1 Å². The van der Waals surface area contributed by atoms with Crippen molar-refractivity contribution in [1.29, 1.82) is 0 Å². The molecule has 1 radical (unpaired) electrons. The zero-order chi connectivity index (χ0) is 20.2. The van der Waals surface area contributed by atoms with E-state index in [1.807, 2.05) is 65.4 Å². The van der Waals surface area contributed by atoms with Gasteiger partial charge in [-0.15, -0.1) is 0 Å². The molecule has 0 aliphatic heterocycles. The van der Waals surface area contributed by atoms with E-state index in [0.717, 1.165) is 26.9 Å². The second-order valence-corrected chi connectivity index (χ2v) is 7.52. The number of aliphatic hydroxyl groups excluding tert-OH is 1. The number of rotatable bonds is 4. The summed E-state index contributed by atoms with van der Waals surface area (Å²) in [7, 11) is 0. The summed E-state index contributed by atoms with van der Waals surface area (Å²) in [5, 5.41) is 13.9. The number of aliphatic hydroxyl groups is 1. The number of hydrogen-bond acceptors (Lipinski definition) is 4. The number of benzene rings is 2. The third kappa shape index (κ3) is 6.69. The molecular weight excluding hydrogens is 550 g/mol. The van der Waals surface area contributed by atoms with Crippen LogP contribution in [0.15, 0.2) is 76.0 Å². The van der Waals surface area contributed by atoms with Crippen LogP contribution in [0.25, 0.3) is 11.3 Å². The van der Waals surface area contributed by atoms with Crippen LogP contribution in [0, 0.1) is 11.8 Å². The van der Waals surface area contributed by atoms with E-state index < -0.39 is 6.10 Å². The fourth-order valence-electron chi connectivity index (χ4n) is 2.91. The Morgan fingerprint density at radius 1 is 1.06 bits per heavy atom. The van der Waals surface area contributed by atoms with Gasteiger partial charge in [-0.25, -0.2) is 4.98 Å². The molecule has 31 heavy (non-hydrogen) atoms. The van der Waals surface area contributed by atoms with Gasteiger partial charge in [0.15, 0.2) is 5.76 Å². The number of hydrogen-bond donors (Lipinski definition) is 1. The maximum Gasteiger partial charge on any atom is 0.167 e. The first-order valence-corrected chi connectivity index (χ1v) is 9.90. The first kappa shape index (κ1) is 25.7. The molecule has 1 unspecified atom stereocenters. The van der Waals surface area contributed by atoms with Gasteiger partial charge in [0.2, 0.25) is 0 Å². The van der Waals surface area contributed by atoms with Crippen LogP contribution in [0.4, 0.5) is 0 Å². The van der Waals surface area contributed by atoms with Gasteiger partial charge in [-0.05, 0) is 55.5 Å². The van der Waals surface area contributed by atoms with Gasteiger partial charge in [-0.2, -0.15) is 9.90 Å². The molecule has 4 rings (SSSR count). The minimum atomic E-state index is -0.637. The normalized spacial score (nSPS) is 10.9. The van der Waals surface area contributed by atoms with Crippen LogP contribution < -0.4 is 0 Å². The zero-order valence-corrected chi connectivity index (χ0v) is 22.8. The molecule has 0 bridgehead atoms. The van der Waals surface area contributed by atoms with E-state index in [-0.39, 0.29) is 42.6 Å². The second kappa shape index (κ2) is 11.9. The molecule has 0 fully saturated rings. The Labute approximate surface area is 218 Å². The van der Waals surface area contributed by atoms with Gasteiger partial charge in [0.25, 0.3) is 0 Å². The van der Waals surface area contributed by atoms with Crippen molar-refractivity contribution < 1.29 is 42.3 Å². The van der Waals surface area contributed by atoms with Crippen molar-refractivity contribution in [1.82, 2.24) is 14.7 Å². The Morgan fingerprint density at radius 2 is 1.68 bits per heavy atom. The van der Waals surface area contributed by atoms with Gasteiger partial charge < -0.3 is 14.2 Å². The minimum Gasteiger partial charge on any atom is -0.385 e. The molecule has 0 aliphatic carbocycles. The molecule has 0 spiro atoms. The summed E-state index contributed by atoms with van der Waals surface area (Å²) < 4.78 is 8.38. The SMILES string of the molecule is C[C@H](O)c1nccn1Cc1cc(-c2ccc(C#Cc3ccc(Br)cc3)cc2)on1.P.[Y]. The van der Waals surface area contributed by atoms with Gasteiger partial charge >= 0.3 is 0 Å². The molecular formula is C23H21BrN3O2PY. The summed E-state index contributed by atoms with van der Waals surface area (Å²) in [5.41, 5.74) is 3.59. The van der Waals surface area contributed by atoms with Crippen LogP contribution in [0.5, 0.6) is 0 Å². The molecule has 1 N–H and O–H groups in total. The predicted molar refractivity (Wildman–Crippen MR) is 125 cm³/mol. The van der Waals surface area contributed by atoms with Crippen LogP contribution >= 0.6 is 25.8 Å². The number of nitrogens with zero attached hydrogens (tertiary/aromatic N) is 3. The van der Waals surface area contributed by atoms with Gasteiger partial charge in [-0.1, -0.05) is 32.9 Å². The van der Waals surface area contributed by atoms with Gasteiger partial charge in [-0.3, -0.25) is 0 Å². The third-order valence-electron chi connectivity index (χ3n) is 4.38. The summed E-state index contributed by atoms with van der Waals surface area (Å²) >= 11 is 3.42. The average Bonchev–Trinajstić information content (AvgIpc) is 3.38. The fraction of sp³-hybridized carbons (Fsp3) is 0.130. The first-order valence-electron chi connectivity index (χ1n) is 9.11. The molecule has 4 aromatic rings. The maximum absolute atomic E-state index is 9.77. The van der Waals surface area contributed by atoms with Crippen molar-refractivity contribution in [3.05, 3.63) is 94.1 Å². The number of imidazole rings is 1. The molecule has 2 aromatic carbocycles. The standard InChI is InChI=1S/C23H18BrN3O2.H3P.Y/c1-16(28)23-25-12-13-27(23)15-21-14-22(29-26-21)19-8-4-17(5-9-19)2-3-18-6-10-20(24)11-7-18;;/h4-14,16,28H,15H2,1H3;1H3;/t16-;;/m0../s1. The van der Waals surface area contributed by atoms with Crippen LogP contribution in [0.2, 0.25) is 0 Å².